The van der Waals surface area contributed by atoms with Gasteiger partial charge in [0.15, 0.2) is 0 Å². The Labute approximate surface area is 166 Å². The summed E-state index contributed by atoms with van der Waals surface area (Å²) in [5.74, 6) is 0.902. The molecule has 0 fully saturated rings. The number of sulfonamides is 1. The second-order valence-corrected chi connectivity index (χ2v) is 8.61. The van der Waals surface area contributed by atoms with Crippen molar-refractivity contribution in [3.05, 3.63) is 71.8 Å². The number of hydrogen-bond donors (Lipinski definition) is 2. The monoisotopic (exact) mass is 398 g/mol. The van der Waals surface area contributed by atoms with Gasteiger partial charge in [-0.25, -0.2) is 13.6 Å². The molecule has 28 heavy (non-hydrogen) atoms. The highest BCUT2D eigenvalue weighted by molar-refractivity contribution is 7.89. The van der Waals surface area contributed by atoms with Gasteiger partial charge in [-0.3, -0.25) is 0 Å². The van der Waals surface area contributed by atoms with Crippen molar-refractivity contribution in [2.75, 3.05) is 6.54 Å². The van der Waals surface area contributed by atoms with Gasteiger partial charge in [0, 0.05) is 12.1 Å². The molecule has 0 bridgehead atoms. The lowest BCUT2D eigenvalue weighted by Gasteiger charge is -2.17. The van der Waals surface area contributed by atoms with Gasteiger partial charge in [-0.05, 0) is 61.3 Å². The van der Waals surface area contributed by atoms with Gasteiger partial charge in [0.25, 0.3) is 0 Å². The van der Waals surface area contributed by atoms with Crippen LogP contribution in [0.15, 0.2) is 65.6 Å². The molecular formula is C22H26N2O3S. The van der Waals surface area contributed by atoms with Gasteiger partial charge in [0.05, 0.1) is 11.0 Å². The summed E-state index contributed by atoms with van der Waals surface area (Å²) in [5.41, 5.74) is 2.20. The Balaban J connectivity index is 1.68. The number of hydrogen-bond acceptors (Lipinski definition) is 4. The first-order chi connectivity index (χ1) is 13.3. The Hall–Kier alpha value is -2.41. The Morgan fingerprint density at radius 3 is 2.39 bits per heavy atom. The molecule has 0 aliphatic heterocycles. The largest absolute Gasteiger partial charge is 0.491 e. The summed E-state index contributed by atoms with van der Waals surface area (Å²) >= 11 is 0. The van der Waals surface area contributed by atoms with E-state index in [4.69, 9.17) is 9.88 Å². The summed E-state index contributed by atoms with van der Waals surface area (Å²) in [6.07, 6.45) is 0.896. The van der Waals surface area contributed by atoms with E-state index < -0.39 is 10.0 Å². The van der Waals surface area contributed by atoms with E-state index >= 15 is 0 Å². The average molecular weight is 399 g/mol. The highest BCUT2D eigenvalue weighted by atomic mass is 32.2. The average Bonchev–Trinajstić information content (AvgIpc) is 2.65. The van der Waals surface area contributed by atoms with Gasteiger partial charge < -0.3 is 10.1 Å². The summed E-state index contributed by atoms with van der Waals surface area (Å²) in [7, 11) is -3.65. The highest BCUT2D eigenvalue weighted by Gasteiger charge is 2.10. The van der Waals surface area contributed by atoms with E-state index in [1.807, 2.05) is 32.0 Å². The molecule has 0 aliphatic carbocycles. The third kappa shape index (κ3) is 5.10. The van der Waals surface area contributed by atoms with Crippen LogP contribution in [0.4, 0.5) is 0 Å². The Morgan fingerprint density at radius 2 is 1.71 bits per heavy atom. The highest BCUT2D eigenvalue weighted by Crippen LogP contribution is 2.28. The minimum absolute atomic E-state index is 0.109. The van der Waals surface area contributed by atoms with Crippen LogP contribution in [0, 0.1) is 0 Å². The molecule has 0 aromatic heterocycles. The van der Waals surface area contributed by atoms with E-state index in [2.05, 4.69) is 23.5 Å². The lowest BCUT2D eigenvalue weighted by atomic mass is 10.0. The number of benzene rings is 3. The van der Waals surface area contributed by atoms with Gasteiger partial charge in [-0.2, -0.15) is 0 Å². The van der Waals surface area contributed by atoms with Crippen molar-refractivity contribution in [2.24, 2.45) is 5.14 Å². The molecule has 0 unspecified atom stereocenters. The van der Waals surface area contributed by atoms with Crippen LogP contribution >= 0.6 is 0 Å². The molecule has 148 valence electrons. The van der Waals surface area contributed by atoms with Crippen molar-refractivity contribution < 1.29 is 13.2 Å². The zero-order chi connectivity index (χ0) is 20.1. The number of nitrogens with one attached hydrogen (secondary N) is 1. The number of fused-ring (bicyclic) bond motifs is 1. The van der Waals surface area contributed by atoms with E-state index in [1.165, 1.54) is 10.8 Å². The van der Waals surface area contributed by atoms with Crippen LogP contribution in [0.1, 0.15) is 25.0 Å². The number of ether oxygens (including phenoxy) is 1. The van der Waals surface area contributed by atoms with Gasteiger partial charge >= 0.3 is 0 Å². The van der Waals surface area contributed by atoms with Gasteiger partial charge in [-0.1, -0.05) is 42.5 Å². The Kier molecular flexibility index (Phi) is 6.34. The van der Waals surface area contributed by atoms with Gasteiger partial charge in [-0.15, -0.1) is 0 Å². The first kappa shape index (κ1) is 20.3. The first-order valence-electron chi connectivity index (χ1n) is 9.34. The molecule has 0 spiro atoms. The third-order valence-electron chi connectivity index (χ3n) is 4.50. The molecule has 0 amide bonds. The van der Waals surface area contributed by atoms with Crippen molar-refractivity contribution >= 4 is 20.8 Å². The summed E-state index contributed by atoms with van der Waals surface area (Å²) < 4.78 is 28.7. The van der Waals surface area contributed by atoms with Crippen LogP contribution in [0.2, 0.25) is 0 Å². The second-order valence-electron chi connectivity index (χ2n) is 7.05. The molecule has 3 N–H and O–H groups in total. The van der Waals surface area contributed by atoms with Crippen molar-refractivity contribution in [3.8, 4) is 5.75 Å². The minimum Gasteiger partial charge on any atom is -0.491 e. The van der Waals surface area contributed by atoms with Crippen LogP contribution < -0.4 is 15.2 Å². The van der Waals surface area contributed by atoms with Crippen molar-refractivity contribution in [2.45, 2.75) is 37.8 Å². The normalized spacial score (nSPS) is 11.9. The molecule has 5 nitrogen and oxygen atoms in total. The predicted molar refractivity (Wildman–Crippen MR) is 113 cm³/mol. The SMILES string of the molecule is CC(C)Oc1ccc2ccccc2c1CNCCc1ccc(S(N)(=O)=O)cc1. The molecular weight excluding hydrogens is 372 g/mol. The molecule has 0 saturated heterocycles. The smallest absolute Gasteiger partial charge is 0.238 e. The summed E-state index contributed by atoms with van der Waals surface area (Å²) in [6, 6.07) is 19.1. The molecule has 3 rings (SSSR count). The minimum atomic E-state index is -3.65. The third-order valence-corrected chi connectivity index (χ3v) is 5.43. The van der Waals surface area contributed by atoms with E-state index in [-0.39, 0.29) is 11.0 Å². The maximum atomic E-state index is 11.3. The maximum Gasteiger partial charge on any atom is 0.238 e. The van der Waals surface area contributed by atoms with Crippen LogP contribution in [0.5, 0.6) is 5.75 Å². The molecule has 0 radical (unpaired) electrons. The zero-order valence-electron chi connectivity index (χ0n) is 16.2. The lowest BCUT2D eigenvalue weighted by Crippen LogP contribution is -2.18. The molecule has 3 aromatic carbocycles. The number of primary sulfonamides is 1. The maximum absolute atomic E-state index is 11.3. The molecule has 3 aromatic rings. The summed E-state index contributed by atoms with van der Waals surface area (Å²) in [4.78, 5) is 0.135. The fourth-order valence-corrected chi connectivity index (χ4v) is 3.67. The van der Waals surface area contributed by atoms with Gasteiger partial charge in [0.2, 0.25) is 10.0 Å². The lowest BCUT2D eigenvalue weighted by molar-refractivity contribution is 0.240. The van der Waals surface area contributed by atoms with Gasteiger partial charge in [0.1, 0.15) is 5.75 Å². The van der Waals surface area contributed by atoms with E-state index in [9.17, 15) is 8.42 Å². The quantitative estimate of drug-likeness (QED) is 0.568. The summed E-state index contributed by atoms with van der Waals surface area (Å²) in [5, 5.41) is 11.0. The zero-order valence-corrected chi connectivity index (χ0v) is 17.0. The van der Waals surface area contributed by atoms with Crippen LogP contribution in [-0.2, 0) is 23.0 Å². The first-order valence-corrected chi connectivity index (χ1v) is 10.9. The van der Waals surface area contributed by atoms with E-state index in [0.717, 1.165) is 29.8 Å². The Morgan fingerprint density at radius 1 is 1.00 bits per heavy atom. The van der Waals surface area contributed by atoms with E-state index in [0.29, 0.717) is 6.54 Å². The molecule has 0 saturated carbocycles. The van der Waals surface area contributed by atoms with Crippen LogP contribution in [-0.4, -0.2) is 21.1 Å². The van der Waals surface area contributed by atoms with Crippen LogP contribution in [0.25, 0.3) is 10.8 Å². The molecule has 0 atom stereocenters. The molecule has 0 heterocycles. The second kappa shape index (κ2) is 8.73. The standard InChI is InChI=1S/C22H26N2O3S/c1-16(2)27-22-12-9-18-5-3-4-6-20(18)21(22)15-24-14-13-17-7-10-19(11-8-17)28(23,25)26/h3-12,16,24H,13-15H2,1-2H3,(H2,23,25,26). The van der Waals surface area contributed by atoms with Crippen molar-refractivity contribution in [1.82, 2.24) is 5.32 Å². The van der Waals surface area contributed by atoms with E-state index in [1.54, 1.807) is 24.3 Å². The van der Waals surface area contributed by atoms with Crippen molar-refractivity contribution in [1.29, 1.82) is 0 Å². The summed E-state index contributed by atoms with van der Waals surface area (Å²) in [6.45, 7) is 5.51. The Bertz CT molecular complexity index is 1050. The fourth-order valence-electron chi connectivity index (χ4n) is 3.15. The topological polar surface area (TPSA) is 81.4 Å². The fraction of sp³-hybridized carbons (Fsp3) is 0.273. The predicted octanol–water partition coefficient (Wildman–Crippen LogP) is 3.61. The molecule has 0 aliphatic rings. The van der Waals surface area contributed by atoms with Crippen LogP contribution in [0.3, 0.4) is 0 Å². The van der Waals surface area contributed by atoms with Crippen molar-refractivity contribution in [3.63, 3.8) is 0 Å². The number of nitrogens with two attached hydrogens (primary N) is 1. The number of rotatable bonds is 8. The molecule has 6 heteroatoms.